The minimum atomic E-state index is -4.64. The summed E-state index contributed by atoms with van der Waals surface area (Å²) in [6, 6.07) is 3.79. The van der Waals surface area contributed by atoms with Crippen molar-refractivity contribution in [3.05, 3.63) is 29.9 Å². The van der Waals surface area contributed by atoms with Crippen LogP contribution in [0.1, 0.15) is 50.0 Å². The fourth-order valence-corrected chi connectivity index (χ4v) is 3.96. The van der Waals surface area contributed by atoms with E-state index in [4.69, 9.17) is 14.7 Å². The summed E-state index contributed by atoms with van der Waals surface area (Å²) in [4.78, 5) is 9.06. The number of alkyl halides is 3. The van der Waals surface area contributed by atoms with Crippen molar-refractivity contribution in [2.45, 2.75) is 63.0 Å². The average Bonchev–Trinajstić information content (AvgIpc) is 3.27. The maximum atomic E-state index is 12.6. The van der Waals surface area contributed by atoms with E-state index in [1.165, 1.54) is 6.20 Å². The normalized spacial score (nSPS) is 22.8. The van der Waals surface area contributed by atoms with E-state index in [0.29, 0.717) is 37.2 Å². The molecular formula is C20H22F3N5O3. The molecule has 1 saturated heterocycles. The monoisotopic (exact) mass is 437 g/mol. The number of rotatable bonds is 5. The van der Waals surface area contributed by atoms with Crippen molar-refractivity contribution in [2.24, 2.45) is 0 Å². The molecule has 0 N–H and O–H groups in total. The van der Waals surface area contributed by atoms with Crippen LogP contribution in [0.2, 0.25) is 0 Å². The number of hydrogen-bond acceptors (Lipinski definition) is 8. The average molecular weight is 437 g/mol. The number of aromatic nitrogens is 3. The molecule has 2 aromatic rings. The third kappa shape index (κ3) is 5.25. The number of nitrogens with zero attached hydrogens (tertiary/aromatic N) is 5. The zero-order chi connectivity index (χ0) is 21.8. The predicted molar refractivity (Wildman–Crippen MR) is 101 cm³/mol. The number of halogens is 3. The quantitative estimate of drug-likeness (QED) is 0.698. The molecule has 166 valence electrons. The van der Waals surface area contributed by atoms with Gasteiger partial charge in [0.2, 0.25) is 0 Å². The minimum Gasteiger partial charge on any atom is -0.489 e. The van der Waals surface area contributed by atoms with Crippen LogP contribution in [0.15, 0.2) is 23.0 Å². The van der Waals surface area contributed by atoms with Gasteiger partial charge < -0.3 is 18.9 Å². The van der Waals surface area contributed by atoms with Gasteiger partial charge in [0, 0.05) is 25.5 Å². The number of hydrogen-bond donors (Lipinski definition) is 0. The lowest BCUT2D eigenvalue weighted by atomic mass is 9.94. The Balaban J connectivity index is 1.21. The first-order valence-corrected chi connectivity index (χ1v) is 10.2. The van der Waals surface area contributed by atoms with Gasteiger partial charge in [-0.1, -0.05) is 0 Å². The molecular weight excluding hydrogens is 415 g/mol. The maximum absolute atomic E-state index is 12.6. The van der Waals surface area contributed by atoms with Crippen LogP contribution in [0.3, 0.4) is 0 Å². The lowest BCUT2D eigenvalue weighted by molar-refractivity contribution is -0.159. The van der Waals surface area contributed by atoms with Crippen molar-refractivity contribution in [3.63, 3.8) is 0 Å². The Morgan fingerprint density at radius 3 is 2.39 bits per heavy atom. The van der Waals surface area contributed by atoms with Crippen molar-refractivity contribution in [1.82, 2.24) is 15.1 Å². The van der Waals surface area contributed by atoms with Gasteiger partial charge in [0.1, 0.15) is 17.4 Å². The molecule has 0 bridgehead atoms. The fraction of sp³-hybridized carbons (Fsp3) is 0.600. The molecule has 2 aliphatic rings. The Morgan fingerprint density at radius 2 is 1.74 bits per heavy atom. The second-order valence-electron chi connectivity index (χ2n) is 7.72. The lowest BCUT2D eigenvalue weighted by Gasteiger charge is -2.35. The maximum Gasteiger partial charge on any atom is 0.471 e. The van der Waals surface area contributed by atoms with Gasteiger partial charge >= 0.3 is 12.1 Å². The SMILES string of the molecule is N#Cc1cnccc1OC1CCC(OC2CCN(c3noc(C(F)(F)F)n3)CC2)CC1. The van der Waals surface area contributed by atoms with Crippen LogP contribution in [0, 0.1) is 11.3 Å². The number of piperidine rings is 1. The van der Waals surface area contributed by atoms with Gasteiger partial charge in [-0.25, -0.2) is 0 Å². The molecule has 8 nitrogen and oxygen atoms in total. The van der Waals surface area contributed by atoms with E-state index in [-0.39, 0.29) is 24.3 Å². The molecule has 0 spiro atoms. The number of pyridine rings is 1. The predicted octanol–water partition coefficient (Wildman–Crippen LogP) is 3.73. The van der Waals surface area contributed by atoms with Gasteiger partial charge in [-0.05, 0) is 49.7 Å². The van der Waals surface area contributed by atoms with Gasteiger partial charge in [0.15, 0.2) is 0 Å². The van der Waals surface area contributed by atoms with E-state index in [1.54, 1.807) is 17.2 Å². The number of anilines is 1. The summed E-state index contributed by atoms with van der Waals surface area (Å²) in [5.41, 5.74) is 0.427. The van der Waals surface area contributed by atoms with E-state index in [0.717, 1.165) is 25.7 Å². The molecule has 1 aliphatic heterocycles. The lowest BCUT2D eigenvalue weighted by Crippen LogP contribution is -2.40. The molecule has 0 unspecified atom stereocenters. The molecule has 1 aliphatic carbocycles. The van der Waals surface area contributed by atoms with Crippen LogP contribution < -0.4 is 9.64 Å². The summed E-state index contributed by atoms with van der Waals surface area (Å²) in [6.45, 7) is 1.03. The molecule has 31 heavy (non-hydrogen) atoms. The fourth-order valence-electron chi connectivity index (χ4n) is 3.96. The largest absolute Gasteiger partial charge is 0.489 e. The minimum absolute atomic E-state index is 0.0312. The molecule has 3 heterocycles. The van der Waals surface area contributed by atoms with Gasteiger partial charge in [-0.2, -0.15) is 23.4 Å². The zero-order valence-electron chi connectivity index (χ0n) is 16.7. The van der Waals surface area contributed by atoms with Crippen LogP contribution in [-0.2, 0) is 10.9 Å². The molecule has 0 atom stereocenters. The highest BCUT2D eigenvalue weighted by atomic mass is 19.4. The van der Waals surface area contributed by atoms with Crippen molar-refractivity contribution in [3.8, 4) is 11.8 Å². The summed E-state index contributed by atoms with van der Waals surface area (Å²) in [5.74, 6) is -0.797. The molecule has 4 rings (SSSR count). The Morgan fingerprint density at radius 1 is 1.06 bits per heavy atom. The van der Waals surface area contributed by atoms with E-state index >= 15 is 0 Å². The smallest absolute Gasteiger partial charge is 0.471 e. The van der Waals surface area contributed by atoms with Gasteiger partial charge in [0.05, 0.1) is 18.3 Å². The third-order valence-electron chi connectivity index (χ3n) is 5.58. The Kier molecular flexibility index (Phi) is 6.27. The van der Waals surface area contributed by atoms with Crippen molar-refractivity contribution < 1.29 is 27.2 Å². The Hall–Kier alpha value is -2.87. The Bertz CT molecular complexity index is 913. The first kappa shape index (κ1) is 21.4. The molecule has 0 aromatic carbocycles. The summed E-state index contributed by atoms with van der Waals surface area (Å²) in [7, 11) is 0. The zero-order valence-corrected chi connectivity index (χ0v) is 16.7. The van der Waals surface area contributed by atoms with E-state index in [9.17, 15) is 13.2 Å². The molecule has 2 aromatic heterocycles. The van der Waals surface area contributed by atoms with Crippen LogP contribution in [-0.4, -0.2) is 46.5 Å². The molecule has 0 radical (unpaired) electrons. The van der Waals surface area contributed by atoms with Crippen molar-refractivity contribution in [1.29, 1.82) is 5.26 Å². The topological polar surface area (TPSA) is 97.3 Å². The van der Waals surface area contributed by atoms with E-state index in [1.807, 2.05) is 0 Å². The summed E-state index contributed by atoms with van der Waals surface area (Å²) in [5, 5.41) is 12.6. The summed E-state index contributed by atoms with van der Waals surface area (Å²) >= 11 is 0. The van der Waals surface area contributed by atoms with Crippen LogP contribution in [0.4, 0.5) is 19.1 Å². The second kappa shape index (κ2) is 9.09. The van der Waals surface area contributed by atoms with E-state index < -0.39 is 12.1 Å². The summed E-state index contributed by atoms with van der Waals surface area (Å²) in [6.07, 6.45) is 3.45. The first-order chi connectivity index (χ1) is 14.9. The van der Waals surface area contributed by atoms with Crippen LogP contribution >= 0.6 is 0 Å². The van der Waals surface area contributed by atoms with Crippen LogP contribution in [0.25, 0.3) is 0 Å². The van der Waals surface area contributed by atoms with E-state index in [2.05, 4.69) is 25.7 Å². The van der Waals surface area contributed by atoms with Crippen molar-refractivity contribution >= 4 is 5.95 Å². The standard InChI is InChI=1S/C20H22F3N5O3/c21-20(22,23)18-26-19(27-31-18)28-9-6-16(7-10-28)29-14-1-3-15(4-2-14)30-17-5-8-25-12-13(17)11-24/h5,8,12,14-16H,1-4,6-7,9-10H2. The highest BCUT2D eigenvalue weighted by Gasteiger charge is 2.39. The van der Waals surface area contributed by atoms with Gasteiger partial charge in [-0.3, -0.25) is 4.98 Å². The highest BCUT2D eigenvalue weighted by molar-refractivity contribution is 5.40. The summed E-state index contributed by atoms with van der Waals surface area (Å²) < 4.78 is 54.4. The first-order valence-electron chi connectivity index (χ1n) is 10.2. The second-order valence-corrected chi connectivity index (χ2v) is 7.72. The van der Waals surface area contributed by atoms with Gasteiger partial charge in [-0.15, -0.1) is 0 Å². The Labute approximate surface area is 177 Å². The molecule has 0 amide bonds. The molecule has 1 saturated carbocycles. The molecule has 2 fully saturated rings. The number of nitriles is 1. The molecule has 11 heteroatoms. The van der Waals surface area contributed by atoms with Crippen molar-refractivity contribution in [2.75, 3.05) is 18.0 Å². The highest BCUT2D eigenvalue weighted by Crippen LogP contribution is 2.31. The van der Waals surface area contributed by atoms with Crippen LogP contribution in [0.5, 0.6) is 5.75 Å². The third-order valence-corrected chi connectivity index (χ3v) is 5.58. The number of ether oxygens (including phenoxy) is 2. The van der Waals surface area contributed by atoms with Gasteiger partial charge in [0.25, 0.3) is 5.95 Å².